The van der Waals surface area contributed by atoms with E-state index in [1.54, 1.807) is 16.8 Å². The Kier molecular flexibility index (Phi) is 3.29. The van der Waals surface area contributed by atoms with Gasteiger partial charge in [0.2, 0.25) is 5.69 Å². The van der Waals surface area contributed by atoms with Crippen LogP contribution in [0.15, 0.2) is 36.5 Å². The van der Waals surface area contributed by atoms with E-state index in [1.807, 2.05) is 24.3 Å². The first-order valence-corrected chi connectivity index (χ1v) is 8.02. The van der Waals surface area contributed by atoms with Crippen LogP contribution in [0.5, 0.6) is 5.88 Å². The van der Waals surface area contributed by atoms with Gasteiger partial charge in [0, 0.05) is 0 Å². The zero-order valence-corrected chi connectivity index (χ0v) is 12.7. The summed E-state index contributed by atoms with van der Waals surface area (Å²) in [5.41, 5.74) is 0.234. The lowest BCUT2D eigenvalue weighted by atomic mass is 9.95. The highest BCUT2D eigenvalue weighted by atomic mass is 19.1. The summed E-state index contributed by atoms with van der Waals surface area (Å²) in [5, 5.41) is 14.6. The lowest BCUT2D eigenvalue weighted by Crippen LogP contribution is -2.42. The normalized spacial score (nSPS) is 16.2. The standard InChI is InChI=1S/C18H17FN2O2/c19-16(22)15-18(23)21(13-7-2-1-3-8-13)17-14-9-5-4-6-12(14)10-11-20(15)17/h4-6,9-11,13H,1-3,7-8H2. The molecule has 0 atom stereocenters. The SMILES string of the molecule is O=C(F)c1c([O-])[n+](C2CCCCC2)c2c3ccccc3ccn12. The van der Waals surface area contributed by atoms with Crippen molar-refractivity contribution in [3.05, 3.63) is 42.2 Å². The number of carbonyl (C=O) groups excluding carboxylic acids is 1. The van der Waals surface area contributed by atoms with Crippen LogP contribution in [0.4, 0.5) is 4.39 Å². The fourth-order valence-electron chi connectivity index (χ4n) is 3.80. The summed E-state index contributed by atoms with van der Waals surface area (Å²) in [5.74, 6) is -0.513. The molecular formula is C18H17FN2O2. The van der Waals surface area contributed by atoms with E-state index in [-0.39, 0.29) is 6.04 Å². The average molecular weight is 312 g/mol. The Morgan fingerprint density at radius 2 is 1.91 bits per heavy atom. The number of benzene rings is 1. The van der Waals surface area contributed by atoms with Crippen LogP contribution >= 0.6 is 0 Å². The Hall–Kier alpha value is -2.43. The number of aromatic nitrogens is 2. The van der Waals surface area contributed by atoms with Gasteiger partial charge in [-0.1, -0.05) is 24.6 Å². The van der Waals surface area contributed by atoms with E-state index in [9.17, 15) is 14.3 Å². The summed E-state index contributed by atoms with van der Waals surface area (Å²) in [7, 11) is 0. The van der Waals surface area contributed by atoms with Gasteiger partial charge in [-0.25, -0.2) is 4.57 Å². The number of hydrogen-bond donors (Lipinski definition) is 0. The van der Waals surface area contributed by atoms with Crippen molar-refractivity contribution in [2.45, 2.75) is 38.1 Å². The Labute approximate surface area is 132 Å². The minimum Gasteiger partial charge on any atom is -0.839 e. The molecule has 0 radical (unpaired) electrons. The van der Waals surface area contributed by atoms with Crippen LogP contribution < -0.4 is 9.67 Å². The molecule has 1 aliphatic rings. The summed E-state index contributed by atoms with van der Waals surface area (Å²) in [6, 6.07) is 7.85. The lowest BCUT2D eigenvalue weighted by Gasteiger charge is -2.22. The fraction of sp³-hybridized carbons (Fsp3) is 0.333. The van der Waals surface area contributed by atoms with Crippen molar-refractivity contribution in [3.8, 4) is 5.88 Å². The smallest absolute Gasteiger partial charge is 0.374 e. The van der Waals surface area contributed by atoms with Gasteiger partial charge in [-0.05, 0) is 43.2 Å². The van der Waals surface area contributed by atoms with Crippen LogP contribution in [0, 0.1) is 0 Å². The van der Waals surface area contributed by atoms with Gasteiger partial charge in [-0.15, -0.1) is 0 Å². The molecule has 4 rings (SSSR count). The number of halogens is 1. The molecule has 1 aliphatic carbocycles. The first kappa shape index (κ1) is 14.2. The van der Waals surface area contributed by atoms with E-state index in [0.717, 1.165) is 42.9 Å². The molecule has 0 N–H and O–H groups in total. The zero-order chi connectivity index (χ0) is 16.0. The number of carbonyl (C=O) groups is 1. The van der Waals surface area contributed by atoms with Crippen LogP contribution in [0.25, 0.3) is 16.4 Å². The van der Waals surface area contributed by atoms with Gasteiger partial charge in [0.05, 0.1) is 11.6 Å². The molecule has 0 saturated heterocycles. The highest BCUT2D eigenvalue weighted by Crippen LogP contribution is 2.30. The van der Waals surface area contributed by atoms with Crippen molar-refractivity contribution in [3.63, 3.8) is 0 Å². The van der Waals surface area contributed by atoms with Gasteiger partial charge >= 0.3 is 6.04 Å². The quantitative estimate of drug-likeness (QED) is 0.539. The second kappa shape index (κ2) is 5.33. The number of fused-ring (bicyclic) bond motifs is 3. The molecule has 0 bridgehead atoms. The maximum atomic E-state index is 13.5. The van der Waals surface area contributed by atoms with E-state index < -0.39 is 17.6 Å². The highest BCUT2D eigenvalue weighted by Gasteiger charge is 2.31. The molecule has 1 fully saturated rings. The third-order valence-electron chi connectivity index (χ3n) is 4.85. The Balaban J connectivity index is 2.11. The molecule has 4 nitrogen and oxygen atoms in total. The van der Waals surface area contributed by atoms with Gasteiger partial charge in [-0.2, -0.15) is 8.79 Å². The molecule has 1 saturated carbocycles. The summed E-state index contributed by atoms with van der Waals surface area (Å²) in [6.45, 7) is 0. The number of pyridine rings is 1. The van der Waals surface area contributed by atoms with E-state index in [0.29, 0.717) is 5.65 Å². The van der Waals surface area contributed by atoms with Crippen LogP contribution in [0.3, 0.4) is 0 Å². The zero-order valence-electron chi connectivity index (χ0n) is 12.7. The van der Waals surface area contributed by atoms with Crippen molar-refractivity contribution in [1.82, 2.24) is 4.40 Å². The van der Waals surface area contributed by atoms with Crippen LogP contribution in [-0.2, 0) is 0 Å². The van der Waals surface area contributed by atoms with Gasteiger partial charge in [0.15, 0.2) is 0 Å². The molecule has 3 aromatic rings. The molecule has 0 amide bonds. The second-order valence-electron chi connectivity index (χ2n) is 6.19. The molecule has 0 spiro atoms. The van der Waals surface area contributed by atoms with Gasteiger partial charge in [0.25, 0.3) is 5.65 Å². The third kappa shape index (κ3) is 2.11. The summed E-state index contributed by atoms with van der Waals surface area (Å²) < 4.78 is 16.6. The molecule has 0 aliphatic heterocycles. The van der Waals surface area contributed by atoms with Gasteiger partial charge < -0.3 is 5.11 Å². The molecule has 5 heteroatoms. The summed E-state index contributed by atoms with van der Waals surface area (Å²) in [6.07, 6.45) is 6.67. The number of hydrogen-bond acceptors (Lipinski definition) is 2. The van der Waals surface area contributed by atoms with Crippen molar-refractivity contribution in [2.75, 3.05) is 0 Å². The van der Waals surface area contributed by atoms with Gasteiger partial charge in [0.1, 0.15) is 11.9 Å². The highest BCUT2D eigenvalue weighted by molar-refractivity contribution is 5.96. The first-order valence-electron chi connectivity index (χ1n) is 8.02. The summed E-state index contributed by atoms with van der Waals surface area (Å²) in [4.78, 5) is 11.4. The Morgan fingerprint density at radius 1 is 1.17 bits per heavy atom. The topological polar surface area (TPSA) is 48.4 Å². The van der Waals surface area contributed by atoms with Crippen LogP contribution in [0.2, 0.25) is 0 Å². The van der Waals surface area contributed by atoms with Crippen molar-refractivity contribution in [1.29, 1.82) is 0 Å². The third-order valence-corrected chi connectivity index (χ3v) is 4.85. The first-order chi connectivity index (χ1) is 11.2. The van der Waals surface area contributed by atoms with E-state index >= 15 is 0 Å². The van der Waals surface area contributed by atoms with Gasteiger partial charge in [-0.3, -0.25) is 4.79 Å². The lowest BCUT2D eigenvalue weighted by molar-refractivity contribution is -0.736. The number of nitrogens with zero attached hydrogens (tertiary/aromatic N) is 2. The molecule has 118 valence electrons. The van der Waals surface area contributed by atoms with E-state index in [1.165, 1.54) is 4.40 Å². The predicted molar refractivity (Wildman–Crippen MR) is 82.1 cm³/mol. The monoisotopic (exact) mass is 312 g/mol. The second-order valence-corrected chi connectivity index (χ2v) is 6.19. The largest absolute Gasteiger partial charge is 0.839 e. The molecular weight excluding hydrogens is 295 g/mol. The minimum absolute atomic E-state index is 0.0326. The summed E-state index contributed by atoms with van der Waals surface area (Å²) >= 11 is 0. The van der Waals surface area contributed by atoms with Crippen molar-refractivity contribution in [2.24, 2.45) is 0 Å². The molecule has 2 heterocycles. The molecule has 2 aromatic heterocycles. The fourth-order valence-corrected chi connectivity index (χ4v) is 3.80. The minimum atomic E-state index is -1.67. The maximum absolute atomic E-state index is 13.5. The maximum Gasteiger partial charge on any atom is 0.374 e. The van der Waals surface area contributed by atoms with E-state index in [2.05, 4.69) is 0 Å². The van der Waals surface area contributed by atoms with Crippen molar-refractivity contribution < 1.29 is 18.9 Å². The average Bonchev–Trinajstić information content (AvgIpc) is 2.88. The van der Waals surface area contributed by atoms with Crippen molar-refractivity contribution >= 4 is 22.5 Å². The van der Waals surface area contributed by atoms with Crippen LogP contribution in [0.1, 0.15) is 48.6 Å². The predicted octanol–water partition coefficient (Wildman–Crippen LogP) is 3.07. The Morgan fingerprint density at radius 3 is 2.65 bits per heavy atom. The molecule has 1 aromatic carbocycles. The number of rotatable bonds is 2. The van der Waals surface area contributed by atoms with E-state index in [4.69, 9.17) is 0 Å². The van der Waals surface area contributed by atoms with Crippen LogP contribution in [-0.4, -0.2) is 10.4 Å². The Bertz CT molecular complexity index is 910. The molecule has 23 heavy (non-hydrogen) atoms. The molecule has 0 unspecified atom stereocenters. The number of imidazole rings is 1.